The first kappa shape index (κ1) is 18.4. The zero-order valence-corrected chi connectivity index (χ0v) is 17.6. The predicted molar refractivity (Wildman–Crippen MR) is 110 cm³/mol. The van der Waals surface area contributed by atoms with E-state index >= 15 is 0 Å². The van der Waals surface area contributed by atoms with Gasteiger partial charge in [-0.05, 0) is 75.5 Å². The third kappa shape index (κ3) is 4.40. The molecule has 0 atom stereocenters. The van der Waals surface area contributed by atoms with Crippen LogP contribution in [0.5, 0.6) is 0 Å². The molecule has 0 radical (unpaired) electrons. The molecule has 0 aliphatic rings. The van der Waals surface area contributed by atoms with Crippen LogP contribution in [-0.2, 0) is 4.79 Å². The van der Waals surface area contributed by atoms with Gasteiger partial charge in [-0.25, -0.2) is 9.97 Å². The summed E-state index contributed by atoms with van der Waals surface area (Å²) in [7, 11) is 0. The van der Waals surface area contributed by atoms with Gasteiger partial charge < -0.3 is 5.32 Å². The van der Waals surface area contributed by atoms with Gasteiger partial charge >= 0.3 is 0 Å². The van der Waals surface area contributed by atoms with Crippen LogP contribution in [0.1, 0.15) is 11.3 Å². The lowest BCUT2D eigenvalue weighted by atomic mass is 10.2. The molecule has 1 heterocycles. The molecule has 25 heavy (non-hydrogen) atoms. The Kier molecular flexibility index (Phi) is 5.76. The Morgan fingerprint density at radius 2 is 1.68 bits per heavy atom. The number of aryl methyl sites for hydroxylation is 2. The highest BCUT2D eigenvalue weighted by Crippen LogP contribution is 2.32. The molecule has 7 heteroatoms. The highest BCUT2D eigenvalue weighted by atomic mass is 79.9. The van der Waals surface area contributed by atoms with Crippen molar-refractivity contribution in [2.45, 2.75) is 18.9 Å². The molecule has 128 valence electrons. The van der Waals surface area contributed by atoms with Crippen LogP contribution >= 0.6 is 43.6 Å². The maximum absolute atomic E-state index is 12.3. The SMILES string of the molecule is Cc1cc(Br)c(NC(=O)CSc2nc3ccccc3nc2C)c(Br)c1. The lowest BCUT2D eigenvalue weighted by Gasteiger charge is -2.11. The minimum atomic E-state index is -0.0930. The van der Waals surface area contributed by atoms with Crippen molar-refractivity contribution >= 4 is 66.2 Å². The van der Waals surface area contributed by atoms with Crippen molar-refractivity contribution in [1.29, 1.82) is 0 Å². The van der Waals surface area contributed by atoms with Crippen molar-refractivity contribution in [3.63, 3.8) is 0 Å². The number of para-hydroxylation sites is 2. The number of rotatable bonds is 4. The minimum Gasteiger partial charge on any atom is -0.323 e. The number of halogens is 2. The molecule has 0 bridgehead atoms. The second kappa shape index (κ2) is 7.85. The Morgan fingerprint density at radius 1 is 1.08 bits per heavy atom. The summed E-state index contributed by atoms with van der Waals surface area (Å²) in [6.07, 6.45) is 0. The summed E-state index contributed by atoms with van der Waals surface area (Å²) in [6, 6.07) is 11.7. The molecular weight excluding hydrogens is 466 g/mol. The highest BCUT2D eigenvalue weighted by molar-refractivity contribution is 9.11. The van der Waals surface area contributed by atoms with Gasteiger partial charge in [0.1, 0.15) is 5.03 Å². The molecule has 4 nitrogen and oxygen atoms in total. The maximum Gasteiger partial charge on any atom is 0.234 e. The fraction of sp³-hybridized carbons (Fsp3) is 0.167. The van der Waals surface area contributed by atoms with Crippen molar-refractivity contribution in [1.82, 2.24) is 9.97 Å². The number of amides is 1. The van der Waals surface area contributed by atoms with Crippen LogP contribution in [0.3, 0.4) is 0 Å². The highest BCUT2D eigenvalue weighted by Gasteiger charge is 2.12. The van der Waals surface area contributed by atoms with Gasteiger partial charge in [0.05, 0.1) is 28.2 Å². The summed E-state index contributed by atoms with van der Waals surface area (Å²) in [5.74, 6) is 0.172. The van der Waals surface area contributed by atoms with E-state index in [2.05, 4.69) is 47.1 Å². The largest absolute Gasteiger partial charge is 0.323 e. The third-order valence-electron chi connectivity index (χ3n) is 3.49. The van der Waals surface area contributed by atoms with Gasteiger partial charge in [-0.2, -0.15) is 0 Å². The van der Waals surface area contributed by atoms with Crippen LogP contribution in [0.4, 0.5) is 5.69 Å². The molecule has 1 N–H and O–H groups in total. The molecule has 0 unspecified atom stereocenters. The van der Waals surface area contributed by atoms with Gasteiger partial charge in [0.2, 0.25) is 5.91 Å². The number of benzene rings is 2. The Hall–Kier alpha value is -1.44. The Labute approximate surface area is 167 Å². The van der Waals surface area contributed by atoms with Gasteiger partial charge in [-0.1, -0.05) is 23.9 Å². The molecule has 0 saturated carbocycles. The topological polar surface area (TPSA) is 54.9 Å². The van der Waals surface area contributed by atoms with Crippen molar-refractivity contribution < 1.29 is 4.79 Å². The first-order valence-electron chi connectivity index (χ1n) is 7.55. The quantitative estimate of drug-likeness (QED) is 0.500. The van der Waals surface area contributed by atoms with Crippen molar-refractivity contribution in [3.05, 3.63) is 56.6 Å². The Balaban J connectivity index is 1.72. The molecule has 0 aliphatic heterocycles. The van der Waals surface area contributed by atoms with Crippen LogP contribution in [-0.4, -0.2) is 21.6 Å². The summed E-state index contributed by atoms with van der Waals surface area (Å²) >= 11 is 8.36. The van der Waals surface area contributed by atoms with Gasteiger partial charge in [-0.15, -0.1) is 0 Å². The smallest absolute Gasteiger partial charge is 0.234 e. The number of anilines is 1. The van der Waals surface area contributed by atoms with E-state index in [9.17, 15) is 4.79 Å². The van der Waals surface area contributed by atoms with E-state index in [1.807, 2.05) is 50.2 Å². The second-order valence-corrected chi connectivity index (χ2v) is 8.22. The molecule has 0 aliphatic carbocycles. The number of aromatic nitrogens is 2. The average Bonchev–Trinajstić information content (AvgIpc) is 2.56. The molecule has 2 aromatic carbocycles. The summed E-state index contributed by atoms with van der Waals surface area (Å²) in [5.41, 5.74) is 4.36. The molecule has 3 aromatic rings. The van der Waals surface area contributed by atoms with Crippen molar-refractivity contribution in [2.75, 3.05) is 11.1 Å². The van der Waals surface area contributed by atoms with E-state index in [1.165, 1.54) is 11.8 Å². The summed E-state index contributed by atoms with van der Waals surface area (Å²) in [4.78, 5) is 21.5. The molecule has 0 spiro atoms. The van der Waals surface area contributed by atoms with Gasteiger partial charge in [-0.3, -0.25) is 4.79 Å². The number of hydrogen-bond donors (Lipinski definition) is 1. The Bertz CT molecular complexity index is 939. The number of thioether (sulfide) groups is 1. The number of carbonyl (C=O) groups is 1. The van der Waals surface area contributed by atoms with Crippen LogP contribution in [0, 0.1) is 13.8 Å². The van der Waals surface area contributed by atoms with Crippen molar-refractivity contribution in [2.24, 2.45) is 0 Å². The molecule has 1 amide bonds. The number of nitrogens with zero attached hydrogens (tertiary/aromatic N) is 2. The average molecular weight is 481 g/mol. The Morgan fingerprint density at radius 3 is 2.32 bits per heavy atom. The van der Waals surface area contributed by atoms with E-state index in [1.54, 1.807) is 0 Å². The third-order valence-corrected chi connectivity index (χ3v) is 5.81. The number of hydrogen-bond acceptors (Lipinski definition) is 4. The fourth-order valence-electron chi connectivity index (χ4n) is 2.34. The number of nitrogens with one attached hydrogen (secondary N) is 1. The second-order valence-electron chi connectivity index (χ2n) is 5.54. The molecule has 3 rings (SSSR count). The van der Waals surface area contributed by atoms with Crippen LogP contribution in [0.2, 0.25) is 0 Å². The standard InChI is InChI=1S/C18H15Br2N3OS/c1-10-7-12(19)17(13(20)8-10)23-16(24)9-25-18-11(2)21-14-5-3-4-6-15(14)22-18/h3-8H,9H2,1-2H3,(H,23,24). The van der Waals surface area contributed by atoms with Crippen LogP contribution in [0.25, 0.3) is 11.0 Å². The van der Waals surface area contributed by atoms with E-state index in [-0.39, 0.29) is 11.7 Å². The van der Waals surface area contributed by atoms with E-state index in [0.29, 0.717) is 0 Å². The predicted octanol–water partition coefficient (Wildman–Crippen LogP) is 5.50. The first-order valence-corrected chi connectivity index (χ1v) is 10.1. The van der Waals surface area contributed by atoms with Gasteiger partial charge in [0.25, 0.3) is 0 Å². The monoisotopic (exact) mass is 479 g/mol. The number of carbonyl (C=O) groups excluding carboxylic acids is 1. The van der Waals surface area contributed by atoms with E-state index in [0.717, 1.165) is 41.9 Å². The maximum atomic E-state index is 12.3. The van der Waals surface area contributed by atoms with Gasteiger partial charge in [0.15, 0.2) is 0 Å². The minimum absolute atomic E-state index is 0.0930. The zero-order chi connectivity index (χ0) is 18.0. The molecular formula is C18H15Br2N3OS. The first-order chi connectivity index (χ1) is 11.9. The summed E-state index contributed by atoms with van der Waals surface area (Å²) in [5, 5.41) is 3.70. The van der Waals surface area contributed by atoms with Gasteiger partial charge in [0, 0.05) is 8.95 Å². The lowest BCUT2D eigenvalue weighted by Crippen LogP contribution is -2.15. The zero-order valence-electron chi connectivity index (χ0n) is 13.6. The van der Waals surface area contributed by atoms with Crippen LogP contribution in [0.15, 0.2) is 50.4 Å². The summed E-state index contributed by atoms with van der Waals surface area (Å²) < 4.78 is 1.69. The van der Waals surface area contributed by atoms with E-state index in [4.69, 9.17) is 0 Å². The van der Waals surface area contributed by atoms with E-state index < -0.39 is 0 Å². The van der Waals surface area contributed by atoms with Crippen LogP contribution < -0.4 is 5.32 Å². The molecule has 1 aromatic heterocycles. The molecule has 0 saturated heterocycles. The normalized spacial score (nSPS) is 10.9. The summed E-state index contributed by atoms with van der Waals surface area (Å²) in [6.45, 7) is 3.91. The molecule has 0 fully saturated rings. The fourth-order valence-corrected chi connectivity index (χ4v) is 4.71. The lowest BCUT2D eigenvalue weighted by molar-refractivity contribution is -0.113. The number of fused-ring (bicyclic) bond motifs is 1. The van der Waals surface area contributed by atoms with Crippen molar-refractivity contribution in [3.8, 4) is 0 Å².